The fraction of sp³-hybridized carbons (Fsp3) is 0.143. The number of anilines is 6. The number of hydrogen-bond acceptors (Lipinski definition) is 4. The van der Waals surface area contributed by atoms with E-state index in [2.05, 4.69) is 147 Å². The highest BCUT2D eigenvalue weighted by molar-refractivity contribution is 6.12. The molecular weight excluding hydrogens is 1010 g/mol. The van der Waals surface area contributed by atoms with E-state index in [0.717, 1.165) is 103 Å². The van der Waals surface area contributed by atoms with E-state index in [-0.39, 0.29) is 11.2 Å². The van der Waals surface area contributed by atoms with Crippen LogP contribution in [0.25, 0.3) is 55.0 Å². The number of nitrogens with zero attached hydrogens (tertiary/aromatic N) is 2. The molecule has 2 heterocycles. The van der Waals surface area contributed by atoms with Crippen molar-refractivity contribution in [3.05, 3.63) is 262 Å². The van der Waals surface area contributed by atoms with Gasteiger partial charge in [0.05, 0.1) is 27.9 Å². The molecule has 0 unspecified atom stereocenters. The molecule has 0 saturated carbocycles. The van der Waals surface area contributed by atoms with Gasteiger partial charge in [-0.25, -0.2) is 0 Å². The van der Waals surface area contributed by atoms with Crippen molar-refractivity contribution in [3.8, 4) is 11.1 Å². The first kappa shape index (κ1) is 49.3. The molecule has 0 fully saturated rings. The SMILES string of the molecule is CCc1ccc(N(c2ccc3c(c2)C2(c4cc(N(c5ccc(CC)cc5)c5cccc6c5oc5c(C(F)(F)F)cccc56)ccc4-3)c3ccccc3C(C)(C)c3ccccc32)c2cccc3c2oc2c(C(F)(F)F)cccc23)cc1. The second-order valence-electron chi connectivity index (χ2n) is 21.5. The smallest absolute Gasteiger partial charge is 0.420 e. The van der Waals surface area contributed by atoms with Crippen LogP contribution in [0.3, 0.4) is 0 Å². The summed E-state index contributed by atoms with van der Waals surface area (Å²) in [5.41, 5.74) is 12.1. The molecule has 12 aromatic rings. The first-order valence-electron chi connectivity index (χ1n) is 26.9. The zero-order valence-corrected chi connectivity index (χ0v) is 44.0. The van der Waals surface area contributed by atoms with Crippen LogP contribution < -0.4 is 9.80 Å². The number of fused-ring (bicyclic) bond motifs is 15. The number of furan rings is 2. The Balaban J connectivity index is 1.05. The highest BCUT2D eigenvalue weighted by atomic mass is 19.4. The molecule has 10 aromatic carbocycles. The van der Waals surface area contributed by atoms with Gasteiger partial charge in [0.25, 0.3) is 0 Å². The van der Waals surface area contributed by atoms with E-state index in [1.807, 2.05) is 60.7 Å². The van der Waals surface area contributed by atoms with Crippen LogP contribution in [0.1, 0.15) is 83.3 Å². The molecule has 2 aromatic heterocycles. The third kappa shape index (κ3) is 7.16. The summed E-state index contributed by atoms with van der Waals surface area (Å²) in [6.07, 6.45) is -7.67. The number of halogens is 6. The monoisotopic (exact) mass is 1060 g/mol. The Kier molecular flexibility index (Phi) is 10.9. The van der Waals surface area contributed by atoms with Crippen LogP contribution >= 0.6 is 0 Å². The van der Waals surface area contributed by atoms with Gasteiger partial charge in [0.2, 0.25) is 0 Å². The summed E-state index contributed by atoms with van der Waals surface area (Å²) in [6, 6.07) is 66.2. The molecule has 2 aliphatic rings. The molecular formula is C70H50F6N2O2. The first-order valence-corrected chi connectivity index (χ1v) is 26.9. The highest BCUT2D eigenvalue weighted by Crippen LogP contribution is 2.64. The summed E-state index contributed by atoms with van der Waals surface area (Å²) < 4.78 is 101. The molecule has 14 rings (SSSR count). The van der Waals surface area contributed by atoms with E-state index in [9.17, 15) is 26.3 Å². The van der Waals surface area contributed by atoms with Crippen LogP contribution in [0, 0.1) is 0 Å². The van der Waals surface area contributed by atoms with Gasteiger partial charge in [0, 0.05) is 49.7 Å². The minimum Gasteiger partial charge on any atom is -0.453 e. The lowest BCUT2D eigenvalue weighted by atomic mass is 9.55. The first-order chi connectivity index (χ1) is 38.6. The molecule has 2 aliphatic carbocycles. The summed E-state index contributed by atoms with van der Waals surface area (Å²) in [7, 11) is 0. The van der Waals surface area contributed by atoms with E-state index in [1.165, 1.54) is 12.1 Å². The maximum absolute atomic E-state index is 14.7. The van der Waals surface area contributed by atoms with Crippen LogP contribution in [0.5, 0.6) is 0 Å². The van der Waals surface area contributed by atoms with Crippen LogP contribution in [0.15, 0.2) is 215 Å². The summed E-state index contributed by atoms with van der Waals surface area (Å²) in [5, 5.41) is 1.85. The van der Waals surface area contributed by atoms with Gasteiger partial charge in [-0.05, 0) is 141 Å². The lowest BCUT2D eigenvalue weighted by Crippen LogP contribution is -2.40. The molecule has 0 N–H and O–H groups in total. The van der Waals surface area contributed by atoms with Gasteiger partial charge >= 0.3 is 12.4 Å². The Hall–Kier alpha value is -9.02. The molecule has 0 atom stereocenters. The number of benzene rings is 10. The van der Waals surface area contributed by atoms with Crippen molar-refractivity contribution in [3.63, 3.8) is 0 Å². The number of hydrogen-bond donors (Lipinski definition) is 0. The largest absolute Gasteiger partial charge is 0.453 e. The lowest BCUT2D eigenvalue weighted by molar-refractivity contribution is -0.137. The number of para-hydroxylation sites is 4. The second kappa shape index (κ2) is 17.7. The van der Waals surface area contributed by atoms with Crippen LogP contribution in [-0.2, 0) is 36.0 Å². The van der Waals surface area contributed by atoms with E-state index in [0.29, 0.717) is 44.1 Å². The molecule has 394 valence electrons. The Bertz CT molecular complexity index is 4180. The van der Waals surface area contributed by atoms with Gasteiger partial charge in [-0.2, -0.15) is 26.3 Å². The number of alkyl halides is 6. The topological polar surface area (TPSA) is 32.8 Å². The Labute approximate surface area is 457 Å². The maximum Gasteiger partial charge on any atom is 0.420 e. The fourth-order valence-electron chi connectivity index (χ4n) is 13.2. The van der Waals surface area contributed by atoms with E-state index in [4.69, 9.17) is 8.83 Å². The normalized spacial score (nSPS) is 14.2. The van der Waals surface area contributed by atoms with E-state index in [1.54, 1.807) is 12.1 Å². The fourth-order valence-corrected chi connectivity index (χ4v) is 13.2. The predicted molar refractivity (Wildman–Crippen MR) is 309 cm³/mol. The highest BCUT2D eigenvalue weighted by Gasteiger charge is 2.54. The third-order valence-electron chi connectivity index (χ3n) is 16.9. The third-order valence-corrected chi connectivity index (χ3v) is 16.9. The summed E-state index contributed by atoms with van der Waals surface area (Å²) in [5.74, 6) is 0. The molecule has 0 aliphatic heterocycles. The lowest BCUT2D eigenvalue weighted by Gasteiger charge is -2.47. The van der Waals surface area contributed by atoms with Gasteiger partial charge in [-0.15, -0.1) is 0 Å². The number of aryl methyl sites for hydroxylation is 2. The zero-order valence-electron chi connectivity index (χ0n) is 44.0. The van der Waals surface area contributed by atoms with E-state index < -0.39 is 34.3 Å². The van der Waals surface area contributed by atoms with Crippen molar-refractivity contribution >= 4 is 78.0 Å². The summed E-state index contributed by atoms with van der Waals surface area (Å²) in [4.78, 5) is 4.18. The quantitative estimate of drug-likeness (QED) is 0.142. The summed E-state index contributed by atoms with van der Waals surface area (Å²) >= 11 is 0. The molecule has 1 spiro atoms. The van der Waals surface area contributed by atoms with Gasteiger partial charge < -0.3 is 18.6 Å². The minimum atomic E-state index is -4.65. The van der Waals surface area contributed by atoms with Crippen molar-refractivity contribution < 1.29 is 35.2 Å². The standard InChI is InChI=1S/C70H50F6N2O2/c1-5-41-27-31-43(32-28-41)77(61-25-13-17-51-49-15-11-23-57(69(71,72)73)63(49)79-65(51)61)45-35-37-47-48-38-36-46(40-60(48)68(59(47)39-45)55-21-9-7-19-53(55)67(3,4)54-20-8-10-22-56(54)68)78(44-33-29-42(6-2)30-34-44)62-26-14-18-52-50-16-12-24-58(70(74,75)76)64(50)80-66(52)62/h7-40H,5-6H2,1-4H3. The van der Waals surface area contributed by atoms with Crippen molar-refractivity contribution in [1.29, 1.82) is 0 Å². The average molecular weight is 1070 g/mol. The van der Waals surface area contributed by atoms with Crippen molar-refractivity contribution in [2.45, 2.75) is 63.7 Å². The maximum atomic E-state index is 14.7. The van der Waals surface area contributed by atoms with Crippen LogP contribution in [0.2, 0.25) is 0 Å². The molecule has 0 bridgehead atoms. The molecule has 10 heteroatoms. The van der Waals surface area contributed by atoms with Crippen LogP contribution in [-0.4, -0.2) is 0 Å². The predicted octanol–water partition coefficient (Wildman–Crippen LogP) is 20.6. The second-order valence-corrected chi connectivity index (χ2v) is 21.5. The van der Waals surface area contributed by atoms with Gasteiger partial charge in [-0.1, -0.05) is 161 Å². The molecule has 0 amide bonds. The Morgan fingerprint density at radius 3 is 1.09 bits per heavy atom. The van der Waals surface area contributed by atoms with Gasteiger partial charge in [0.15, 0.2) is 11.2 Å². The van der Waals surface area contributed by atoms with Gasteiger partial charge in [0.1, 0.15) is 11.2 Å². The Morgan fingerprint density at radius 1 is 0.362 bits per heavy atom. The molecule has 0 saturated heterocycles. The molecule has 4 nitrogen and oxygen atoms in total. The van der Waals surface area contributed by atoms with Crippen molar-refractivity contribution in [2.24, 2.45) is 0 Å². The summed E-state index contributed by atoms with van der Waals surface area (Å²) in [6.45, 7) is 8.72. The number of rotatable bonds is 8. The van der Waals surface area contributed by atoms with Crippen molar-refractivity contribution in [2.75, 3.05) is 9.80 Å². The van der Waals surface area contributed by atoms with Gasteiger partial charge in [-0.3, -0.25) is 0 Å². The zero-order chi connectivity index (χ0) is 55.0. The average Bonchev–Trinajstić information content (AvgIpc) is 4.28. The Morgan fingerprint density at radius 2 is 0.713 bits per heavy atom. The van der Waals surface area contributed by atoms with E-state index >= 15 is 0 Å². The molecule has 80 heavy (non-hydrogen) atoms. The van der Waals surface area contributed by atoms with Crippen LogP contribution in [0.4, 0.5) is 60.5 Å². The molecule has 0 radical (unpaired) electrons. The minimum absolute atomic E-state index is 0.223. The van der Waals surface area contributed by atoms with Crippen molar-refractivity contribution in [1.82, 2.24) is 0 Å².